The van der Waals surface area contributed by atoms with E-state index in [4.69, 9.17) is 9.47 Å². The van der Waals surface area contributed by atoms with E-state index in [1.807, 2.05) is 5.51 Å². The zero-order chi connectivity index (χ0) is 17.6. The number of aromatic nitrogens is 1. The summed E-state index contributed by atoms with van der Waals surface area (Å²) in [6.07, 6.45) is 3.47. The number of benzene rings is 1. The van der Waals surface area contributed by atoms with Crippen LogP contribution in [0.4, 0.5) is 5.69 Å². The number of ether oxygens (including phenoxy) is 2. The molecule has 2 atom stereocenters. The van der Waals surface area contributed by atoms with Gasteiger partial charge in [-0.25, -0.2) is 4.98 Å². The predicted octanol–water partition coefficient (Wildman–Crippen LogP) is 3.08. The lowest BCUT2D eigenvalue weighted by molar-refractivity contribution is -0.0664. The van der Waals surface area contributed by atoms with Crippen LogP contribution in [0.2, 0.25) is 0 Å². The minimum atomic E-state index is 0.206. The molecule has 0 aliphatic carbocycles. The zero-order valence-electron chi connectivity index (χ0n) is 15.0. The van der Waals surface area contributed by atoms with Crippen molar-refractivity contribution in [2.24, 2.45) is 0 Å². The van der Waals surface area contributed by atoms with Crippen LogP contribution >= 0.6 is 11.3 Å². The van der Waals surface area contributed by atoms with E-state index in [1.165, 1.54) is 5.69 Å². The maximum Gasteiger partial charge on any atom is 0.0901 e. The van der Waals surface area contributed by atoms with Gasteiger partial charge in [0, 0.05) is 36.8 Å². The van der Waals surface area contributed by atoms with Crippen molar-refractivity contribution < 1.29 is 9.47 Å². The van der Waals surface area contributed by atoms with Gasteiger partial charge in [0.1, 0.15) is 0 Å². The Bertz CT molecular complexity index is 644. The second-order valence-corrected chi connectivity index (χ2v) is 7.78. The average molecular weight is 374 g/mol. The molecule has 1 aromatic carbocycles. The third-order valence-corrected chi connectivity index (χ3v) is 5.92. The SMILES string of the molecule is c1ccc(N2CCC(N[C@@H]3COCC[C@@H]3OCc3cscn3)CC2)cc1. The highest BCUT2D eigenvalue weighted by Crippen LogP contribution is 2.21. The van der Waals surface area contributed by atoms with E-state index in [2.05, 4.69) is 50.9 Å². The third kappa shape index (κ3) is 4.62. The van der Waals surface area contributed by atoms with Crippen molar-refractivity contribution in [2.75, 3.05) is 31.2 Å². The van der Waals surface area contributed by atoms with Gasteiger partial charge < -0.3 is 19.7 Å². The molecule has 2 fully saturated rings. The van der Waals surface area contributed by atoms with Gasteiger partial charge >= 0.3 is 0 Å². The van der Waals surface area contributed by atoms with Crippen molar-refractivity contribution >= 4 is 17.0 Å². The number of thiazole rings is 1. The lowest BCUT2D eigenvalue weighted by Gasteiger charge is -2.39. The number of rotatable bonds is 6. The van der Waals surface area contributed by atoms with E-state index >= 15 is 0 Å². The minimum absolute atomic E-state index is 0.206. The fourth-order valence-corrected chi connectivity index (χ4v) is 4.36. The monoisotopic (exact) mass is 373 g/mol. The van der Waals surface area contributed by atoms with Gasteiger partial charge in [-0.05, 0) is 31.4 Å². The molecule has 0 radical (unpaired) electrons. The Hall–Kier alpha value is -1.47. The molecule has 6 heteroatoms. The summed E-state index contributed by atoms with van der Waals surface area (Å²) in [6, 6.07) is 11.5. The molecule has 0 spiro atoms. The topological polar surface area (TPSA) is 46.6 Å². The van der Waals surface area contributed by atoms with E-state index < -0.39 is 0 Å². The van der Waals surface area contributed by atoms with Crippen LogP contribution < -0.4 is 10.2 Å². The molecule has 1 N–H and O–H groups in total. The summed E-state index contributed by atoms with van der Waals surface area (Å²) in [7, 11) is 0. The number of nitrogens with one attached hydrogen (secondary N) is 1. The molecule has 0 saturated carbocycles. The molecule has 140 valence electrons. The van der Waals surface area contributed by atoms with Gasteiger partial charge in [-0.15, -0.1) is 11.3 Å². The summed E-state index contributed by atoms with van der Waals surface area (Å²) in [5.74, 6) is 0. The fourth-order valence-electron chi connectivity index (χ4n) is 3.82. The van der Waals surface area contributed by atoms with Gasteiger partial charge in [0.05, 0.1) is 36.6 Å². The Balaban J connectivity index is 1.27. The first-order chi connectivity index (χ1) is 12.9. The second kappa shape index (κ2) is 8.95. The number of hydrogen-bond donors (Lipinski definition) is 1. The van der Waals surface area contributed by atoms with Crippen molar-refractivity contribution in [3.8, 4) is 0 Å². The number of para-hydroxylation sites is 1. The van der Waals surface area contributed by atoms with E-state index in [-0.39, 0.29) is 12.1 Å². The van der Waals surface area contributed by atoms with Gasteiger partial charge in [-0.2, -0.15) is 0 Å². The largest absolute Gasteiger partial charge is 0.380 e. The molecule has 4 rings (SSSR count). The smallest absolute Gasteiger partial charge is 0.0901 e. The summed E-state index contributed by atoms with van der Waals surface area (Å²) in [4.78, 5) is 6.79. The van der Waals surface area contributed by atoms with Crippen LogP contribution in [0.15, 0.2) is 41.2 Å². The predicted molar refractivity (Wildman–Crippen MR) is 105 cm³/mol. The molecule has 1 aromatic heterocycles. The van der Waals surface area contributed by atoms with Crippen LogP contribution in [0.1, 0.15) is 25.0 Å². The van der Waals surface area contributed by atoms with Crippen molar-refractivity contribution in [1.82, 2.24) is 10.3 Å². The minimum Gasteiger partial charge on any atom is -0.380 e. The molecule has 2 aliphatic rings. The summed E-state index contributed by atoms with van der Waals surface area (Å²) in [5.41, 5.74) is 4.21. The maximum atomic E-state index is 6.16. The molecule has 5 nitrogen and oxygen atoms in total. The number of nitrogens with zero attached hydrogens (tertiary/aromatic N) is 2. The van der Waals surface area contributed by atoms with Crippen molar-refractivity contribution in [1.29, 1.82) is 0 Å². The van der Waals surface area contributed by atoms with E-state index in [0.717, 1.165) is 51.3 Å². The summed E-state index contributed by atoms with van der Waals surface area (Å²) < 4.78 is 11.9. The lowest BCUT2D eigenvalue weighted by atomic mass is 10.00. The van der Waals surface area contributed by atoms with E-state index in [1.54, 1.807) is 11.3 Å². The van der Waals surface area contributed by atoms with Gasteiger partial charge in [-0.1, -0.05) is 18.2 Å². The van der Waals surface area contributed by atoms with Crippen molar-refractivity contribution in [3.63, 3.8) is 0 Å². The van der Waals surface area contributed by atoms with Crippen LogP contribution in [-0.4, -0.2) is 49.5 Å². The maximum absolute atomic E-state index is 6.16. The van der Waals surface area contributed by atoms with Gasteiger partial charge in [0.25, 0.3) is 0 Å². The Morgan fingerprint density at radius 2 is 2.04 bits per heavy atom. The fraction of sp³-hybridized carbons (Fsp3) is 0.550. The van der Waals surface area contributed by atoms with E-state index in [0.29, 0.717) is 12.6 Å². The standard InChI is InChI=1S/C20H27N3O2S/c1-2-4-18(5-3-1)23-9-6-16(7-10-23)22-19-13-24-11-8-20(19)25-12-17-14-26-15-21-17/h1-5,14-16,19-20,22H,6-13H2/t19-,20+/m1/s1. The normalized spacial score (nSPS) is 24.7. The Morgan fingerprint density at radius 1 is 1.19 bits per heavy atom. The highest BCUT2D eigenvalue weighted by Gasteiger charge is 2.30. The van der Waals surface area contributed by atoms with Crippen LogP contribution in [0.5, 0.6) is 0 Å². The van der Waals surface area contributed by atoms with Crippen LogP contribution in [-0.2, 0) is 16.1 Å². The first kappa shape index (κ1) is 17.9. The molecule has 0 amide bonds. The summed E-state index contributed by atoms with van der Waals surface area (Å²) >= 11 is 1.62. The molecule has 2 saturated heterocycles. The molecule has 2 aliphatic heterocycles. The van der Waals surface area contributed by atoms with Gasteiger partial charge in [0.2, 0.25) is 0 Å². The molecule has 2 aromatic rings. The van der Waals surface area contributed by atoms with Crippen LogP contribution in [0.3, 0.4) is 0 Å². The number of anilines is 1. The summed E-state index contributed by atoms with van der Waals surface area (Å²) in [6.45, 7) is 4.31. The summed E-state index contributed by atoms with van der Waals surface area (Å²) in [5, 5.41) is 5.87. The Morgan fingerprint density at radius 3 is 2.81 bits per heavy atom. The molecular weight excluding hydrogens is 346 g/mol. The Labute approximate surface area is 159 Å². The molecular formula is C20H27N3O2S. The van der Waals surface area contributed by atoms with Crippen molar-refractivity contribution in [2.45, 2.75) is 44.1 Å². The molecule has 3 heterocycles. The highest BCUT2D eigenvalue weighted by atomic mass is 32.1. The average Bonchev–Trinajstić information content (AvgIpc) is 3.22. The second-order valence-electron chi connectivity index (χ2n) is 7.06. The zero-order valence-corrected chi connectivity index (χ0v) is 15.9. The van der Waals surface area contributed by atoms with Crippen LogP contribution in [0, 0.1) is 0 Å². The molecule has 0 bridgehead atoms. The highest BCUT2D eigenvalue weighted by molar-refractivity contribution is 7.07. The van der Waals surface area contributed by atoms with Gasteiger partial charge in [-0.3, -0.25) is 0 Å². The lowest BCUT2D eigenvalue weighted by Crippen LogP contribution is -2.54. The van der Waals surface area contributed by atoms with Crippen molar-refractivity contribution in [3.05, 3.63) is 46.9 Å². The van der Waals surface area contributed by atoms with E-state index in [9.17, 15) is 0 Å². The Kier molecular flexibility index (Phi) is 6.17. The van der Waals surface area contributed by atoms with Gasteiger partial charge in [0.15, 0.2) is 0 Å². The molecule has 0 unspecified atom stereocenters. The molecule has 26 heavy (non-hydrogen) atoms. The first-order valence-corrected chi connectivity index (χ1v) is 10.5. The first-order valence-electron chi connectivity index (χ1n) is 9.51. The third-order valence-electron chi connectivity index (χ3n) is 5.29. The van der Waals surface area contributed by atoms with Crippen LogP contribution in [0.25, 0.3) is 0 Å². The number of hydrogen-bond acceptors (Lipinski definition) is 6. The number of piperidine rings is 1. The quantitative estimate of drug-likeness (QED) is 0.843.